The largest absolute Gasteiger partial charge is 0.463 e. The number of benzene rings is 2. The number of ether oxygens (including phenoxy) is 2. The van der Waals surface area contributed by atoms with Crippen molar-refractivity contribution in [1.29, 1.82) is 0 Å². The molecule has 1 atom stereocenters. The monoisotopic (exact) mass is 534 g/mol. The number of nitro groups is 1. The fraction of sp³-hybridized carbons (Fsp3) is 0.296. The molecule has 2 aliphatic rings. The topological polar surface area (TPSA) is 116 Å². The summed E-state index contributed by atoms with van der Waals surface area (Å²) in [5, 5.41) is 11.5. The van der Waals surface area contributed by atoms with Crippen LogP contribution >= 0.6 is 11.3 Å². The van der Waals surface area contributed by atoms with E-state index < -0.39 is 16.9 Å². The van der Waals surface area contributed by atoms with Crippen LogP contribution in [-0.4, -0.2) is 48.4 Å². The highest BCUT2D eigenvalue weighted by molar-refractivity contribution is 7.07. The van der Waals surface area contributed by atoms with Crippen LogP contribution in [0.4, 0.5) is 11.4 Å². The fourth-order valence-electron chi connectivity index (χ4n) is 4.75. The average molecular weight is 535 g/mol. The molecule has 10 nitrogen and oxygen atoms in total. The van der Waals surface area contributed by atoms with Gasteiger partial charge in [-0.25, -0.2) is 9.79 Å². The number of aromatic nitrogens is 1. The zero-order valence-electron chi connectivity index (χ0n) is 21.0. The van der Waals surface area contributed by atoms with Crippen molar-refractivity contribution in [3.63, 3.8) is 0 Å². The molecule has 2 aromatic carbocycles. The molecule has 0 spiro atoms. The van der Waals surface area contributed by atoms with E-state index in [-0.39, 0.29) is 17.9 Å². The number of esters is 1. The van der Waals surface area contributed by atoms with Crippen LogP contribution < -0.4 is 19.8 Å². The van der Waals surface area contributed by atoms with Crippen molar-refractivity contribution < 1.29 is 19.2 Å². The third-order valence-corrected chi connectivity index (χ3v) is 7.48. The SMILES string of the molecule is CCOC(=O)C1=C(C)N=c2s/c(=C/c3cc([N+](=O)[O-])ccc3N3CCOCC3)c(=O)n2C1c1ccccc1. The van der Waals surface area contributed by atoms with Gasteiger partial charge < -0.3 is 14.4 Å². The highest BCUT2D eigenvalue weighted by Crippen LogP contribution is 2.31. The van der Waals surface area contributed by atoms with Gasteiger partial charge in [0.1, 0.15) is 0 Å². The molecule has 1 saturated heterocycles. The smallest absolute Gasteiger partial charge is 0.338 e. The van der Waals surface area contributed by atoms with Gasteiger partial charge in [0.15, 0.2) is 4.80 Å². The zero-order chi connectivity index (χ0) is 26.8. The maximum absolute atomic E-state index is 13.9. The summed E-state index contributed by atoms with van der Waals surface area (Å²) in [6.45, 7) is 6.02. The van der Waals surface area contributed by atoms with Gasteiger partial charge in [0, 0.05) is 36.5 Å². The first kappa shape index (κ1) is 25.6. The number of morpholine rings is 1. The van der Waals surface area contributed by atoms with E-state index in [2.05, 4.69) is 9.89 Å². The van der Waals surface area contributed by atoms with Crippen molar-refractivity contribution >= 4 is 34.8 Å². The molecule has 1 unspecified atom stereocenters. The van der Waals surface area contributed by atoms with Crippen LogP contribution in [-0.2, 0) is 14.3 Å². The Morgan fingerprint density at radius 1 is 1.24 bits per heavy atom. The lowest BCUT2D eigenvalue weighted by Crippen LogP contribution is -2.40. The molecule has 0 bridgehead atoms. The minimum Gasteiger partial charge on any atom is -0.463 e. The van der Waals surface area contributed by atoms with E-state index in [1.807, 2.05) is 30.3 Å². The number of fused-ring (bicyclic) bond motifs is 1. The number of nitro benzene ring substituents is 1. The van der Waals surface area contributed by atoms with Gasteiger partial charge in [-0.1, -0.05) is 41.7 Å². The summed E-state index contributed by atoms with van der Waals surface area (Å²) in [4.78, 5) is 45.1. The van der Waals surface area contributed by atoms with Crippen LogP contribution in [0, 0.1) is 10.1 Å². The molecule has 0 aliphatic carbocycles. The Balaban J connectivity index is 1.71. The molecule has 0 N–H and O–H groups in total. The predicted molar refractivity (Wildman–Crippen MR) is 143 cm³/mol. The summed E-state index contributed by atoms with van der Waals surface area (Å²) in [5.74, 6) is -0.523. The van der Waals surface area contributed by atoms with E-state index in [4.69, 9.17) is 9.47 Å². The van der Waals surface area contributed by atoms with Gasteiger partial charge >= 0.3 is 5.97 Å². The Bertz CT molecular complexity index is 1600. The number of allylic oxidation sites excluding steroid dienone is 1. The Hall–Kier alpha value is -4.09. The second-order valence-electron chi connectivity index (χ2n) is 8.81. The summed E-state index contributed by atoms with van der Waals surface area (Å²) in [6.07, 6.45) is 1.67. The van der Waals surface area contributed by atoms with Gasteiger partial charge in [-0.3, -0.25) is 19.5 Å². The lowest BCUT2D eigenvalue weighted by molar-refractivity contribution is -0.384. The Kier molecular flexibility index (Phi) is 7.21. The number of anilines is 1. The second kappa shape index (κ2) is 10.7. The van der Waals surface area contributed by atoms with Crippen LogP contribution in [0.5, 0.6) is 0 Å². The number of carbonyl (C=O) groups is 1. The number of rotatable bonds is 6. The maximum Gasteiger partial charge on any atom is 0.338 e. The number of hydrogen-bond acceptors (Lipinski definition) is 9. The molecule has 0 radical (unpaired) electrons. The standard InChI is InChI=1S/C27H26N4O6S/c1-3-37-26(33)23-17(2)28-27-30(24(23)18-7-5-4-6-8-18)25(32)22(38-27)16-19-15-20(31(34)35)9-10-21(19)29-11-13-36-14-12-29/h4-10,15-16,24H,3,11-14H2,1-2H3/b22-16+. The van der Waals surface area contributed by atoms with Crippen LogP contribution in [0.1, 0.15) is 31.0 Å². The first-order valence-electron chi connectivity index (χ1n) is 12.2. The third kappa shape index (κ3) is 4.77. The van der Waals surface area contributed by atoms with Crippen molar-refractivity contribution in [2.75, 3.05) is 37.8 Å². The van der Waals surface area contributed by atoms with Crippen LogP contribution in [0.3, 0.4) is 0 Å². The number of carbonyl (C=O) groups excluding carboxylic acids is 1. The van der Waals surface area contributed by atoms with E-state index in [9.17, 15) is 19.7 Å². The summed E-state index contributed by atoms with van der Waals surface area (Å²) in [7, 11) is 0. The molecule has 3 aromatic rings. The third-order valence-electron chi connectivity index (χ3n) is 6.49. The van der Waals surface area contributed by atoms with Crippen molar-refractivity contribution in [3.8, 4) is 0 Å². The second-order valence-corrected chi connectivity index (χ2v) is 9.82. The molecule has 0 saturated carbocycles. The quantitative estimate of drug-likeness (QED) is 0.271. The molecule has 3 heterocycles. The summed E-state index contributed by atoms with van der Waals surface area (Å²) in [6, 6.07) is 13.2. The Morgan fingerprint density at radius 2 is 1.97 bits per heavy atom. The van der Waals surface area contributed by atoms with Gasteiger partial charge in [-0.2, -0.15) is 0 Å². The lowest BCUT2D eigenvalue weighted by atomic mass is 9.96. The molecule has 0 amide bonds. The number of hydrogen-bond donors (Lipinski definition) is 0. The molecule has 2 aliphatic heterocycles. The Morgan fingerprint density at radius 3 is 2.66 bits per heavy atom. The fourth-order valence-corrected chi connectivity index (χ4v) is 5.78. The molecule has 196 valence electrons. The molecule has 1 fully saturated rings. The molecule has 5 rings (SSSR count). The van der Waals surface area contributed by atoms with Crippen LogP contribution in [0.15, 0.2) is 69.6 Å². The first-order chi connectivity index (χ1) is 18.4. The lowest BCUT2D eigenvalue weighted by Gasteiger charge is -2.30. The van der Waals surface area contributed by atoms with Gasteiger partial charge in [-0.15, -0.1) is 0 Å². The van der Waals surface area contributed by atoms with Gasteiger partial charge in [0.2, 0.25) is 0 Å². The summed E-state index contributed by atoms with van der Waals surface area (Å²) in [5.41, 5.74) is 2.48. The van der Waals surface area contributed by atoms with Crippen LogP contribution in [0.2, 0.25) is 0 Å². The molecular formula is C27H26N4O6S. The molecular weight excluding hydrogens is 508 g/mol. The van der Waals surface area contributed by atoms with Crippen LogP contribution in [0.25, 0.3) is 6.08 Å². The van der Waals surface area contributed by atoms with E-state index in [1.165, 1.54) is 28.0 Å². The summed E-state index contributed by atoms with van der Waals surface area (Å²) >= 11 is 1.18. The van der Waals surface area contributed by atoms with Gasteiger partial charge in [0.25, 0.3) is 11.2 Å². The normalized spacial score (nSPS) is 17.7. The van der Waals surface area contributed by atoms with Crippen molar-refractivity contribution in [2.24, 2.45) is 4.99 Å². The highest BCUT2D eigenvalue weighted by atomic mass is 32.1. The molecule has 38 heavy (non-hydrogen) atoms. The van der Waals surface area contributed by atoms with Crippen molar-refractivity contribution in [3.05, 3.63) is 101 Å². The van der Waals surface area contributed by atoms with Gasteiger partial charge in [0.05, 0.1) is 46.6 Å². The van der Waals surface area contributed by atoms with Gasteiger partial charge in [-0.05, 0) is 31.6 Å². The number of nitrogens with zero attached hydrogens (tertiary/aromatic N) is 4. The van der Waals surface area contributed by atoms with E-state index in [0.29, 0.717) is 52.5 Å². The van der Waals surface area contributed by atoms with E-state index >= 15 is 0 Å². The minimum absolute atomic E-state index is 0.0661. The average Bonchev–Trinajstić information content (AvgIpc) is 3.22. The number of non-ortho nitro benzene ring substituents is 1. The maximum atomic E-state index is 13.9. The highest BCUT2D eigenvalue weighted by Gasteiger charge is 2.33. The number of thiazole rings is 1. The summed E-state index contributed by atoms with van der Waals surface area (Å²) < 4.78 is 12.7. The van der Waals surface area contributed by atoms with E-state index in [0.717, 1.165) is 11.3 Å². The van der Waals surface area contributed by atoms with Crippen molar-refractivity contribution in [2.45, 2.75) is 19.9 Å². The van der Waals surface area contributed by atoms with Crippen molar-refractivity contribution in [1.82, 2.24) is 4.57 Å². The first-order valence-corrected chi connectivity index (χ1v) is 13.1. The molecule has 11 heteroatoms. The van der Waals surface area contributed by atoms with E-state index in [1.54, 1.807) is 26.0 Å². The minimum atomic E-state index is -0.711. The predicted octanol–water partition coefficient (Wildman–Crippen LogP) is 2.54. The zero-order valence-corrected chi connectivity index (χ0v) is 21.8. The Labute approximate surface area is 221 Å². The molecule has 1 aromatic heterocycles.